The summed E-state index contributed by atoms with van der Waals surface area (Å²) < 4.78 is 0. The molecule has 0 saturated heterocycles. The van der Waals surface area contributed by atoms with Gasteiger partial charge < -0.3 is 5.73 Å². The summed E-state index contributed by atoms with van der Waals surface area (Å²) in [4.78, 5) is 14.2. The summed E-state index contributed by atoms with van der Waals surface area (Å²) >= 11 is 0. The minimum Gasteiger partial charge on any atom is -0.324 e. The van der Waals surface area contributed by atoms with Gasteiger partial charge in [0.2, 0.25) is 0 Å². The van der Waals surface area contributed by atoms with E-state index in [2.05, 4.69) is 4.98 Å². The fourth-order valence-corrected chi connectivity index (χ4v) is 0.941. The SMILES string of the molecule is CCC(N)c1ccc(C=O)nc1. The smallest absolute Gasteiger partial charge is 0.168 e. The number of aromatic nitrogens is 1. The van der Waals surface area contributed by atoms with Crippen LogP contribution in [0.4, 0.5) is 0 Å². The van der Waals surface area contributed by atoms with Crippen molar-refractivity contribution in [3.63, 3.8) is 0 Å². The molecule has 1 atom stereocenters. The first-order chi connectivity index (χ1) is 5.77. The quantitative estimate of drug-likeness (QED) is 0.685. The van der Waals surface area contributed by atoms with Crippen LogP contribution in [-0.4, -0.2) is 11.3 Å². The third-order valence-corrected chi connectivity index (χ3v) is 1.80. The Labute approximate surface area is 71.6 Å². The van der Waals surface area contributed by atoms with Crippen molar-refractivity contribution in [1.82, 2.24) is 4.98 Å². The first-order valence-corrected chi connectivity index (χ1v) is 3.94. The van der Waals surface area contributed by atoms with Gasteiger partial charge in [0.25, 0.3) is 0 Å². The van der Waals surface area contributed by atoms with Gasteiger partial charge in [-0.25, -0.2) is 0 Å². The molecule has 2 N–H and O–H groups in total. The number of aldehydes is 1. The molecule has 0 bridgehead atoms. The van der Waals surface area contributed by atoms with Crippen molar-refractivity contribution in [3.05, 3.63) is 29.6 Å². The van der Waals surface area contributed by atoms with E-state index >= 15 is 0 Å². The molecule has 0 aliphatic heterocycles. The van der Waals surface area contributed by atoms with E-state index in [1.807, 2.05) is 13.0 Å². The average Bonchev–Trinajstić information content (AvgIpc) is 2.17. The highest BCUT2D eigenvalue weighted by molar-refractivity contribution is 5.71. The van der Waals surface area contributed by atoms with Crippen molar-refractivity contribution < 1.29 is 4.79 Å². The molecule has 1 aromatic heterocycles. The van der Waals surface area contributed by atoms with Crippen LogP contribution >= 0.6 is 0 Å². The van der Waals surface area contributed by atoms with Crippen LogP contribution in [-0.2, 0) is 0 Å². The molecule has 1 rings (SSSR count). The number of nitrogens with two attached hydrogens (primary N) is 1. The predicted octanol–water partition coefficient (Wildman–Crippen LogP) is 1.30. The van der Waals surface area contributed by atoms with Gasteiger partial charge in [0, 0.05) is 12.2 Å². The molecule has 0 radical (unpaired) electrons. The lowest BCUT2D eigenvalue weighted by atomic mass is 10.1. The Balaban J connectivity index is 2.84. The first kappa shape index (κ1) is 8.87. The second kappa shape index (κ2) is 3.97. The van der Waals surface area contributed by atoms with Gasteiger partial charge in [-0.1, -0.05) is 13.0 Å². The zero-order valence-corrected chi connectivity index (χ0v) is 7.03. The minimum atomic E-state index is 0.0261. The van der Waals surface area contributed by atoms with Crippen molar-refractivity contribution in [3.8, 4) is 0 Å². The third-order valence-electron chi connectivity index (χ3n) is 1.80. The standard InChI is InChI=1S/C9H12N2O/c1-2-9(10)7-3-4-8(6-12)11-5-7/h3-6,9H,2,10H2,1H3. The molecule has 12 heavy (non-hydrogen) atoms. The molecule has 1 aromatic rings. The van der Waals surface area contributed by atoms with Crippen LogP contribution in [0.5, 0.6) is 0 Å². The fourth-order valence-electron chi connectivity index (χ4n) is 0.941. The number of carbonyl (C=O) groups is 1. The summed E-state index contributed by atoms with van der Waals surface area (Å²) in [5.41, 5.74) is 7.18. The molecule has 0 fully saturated rings. The number of hydrogen-bond donors (Lipinski definition) is 1. The van der Waals surface area contributed by atoms with Crippen LogP contribution in [0.15, 0.2) is 18.3 Å². The van der Waals surface area contributed by atoms with Crippen LogP contribution in [0.25, 0.3) is 0 Å². The van der Waals surface area contributed by atoms with Crippen molar-refractivity contribution >= 4 is 6.29 Å². The van der Waals surface area contributed by atoms with E-state index in [1.54, 1.807) is 12.3 Å². The molecule has 0 aromatic carbocycles. The van der Waals surface area contributed by atoms with E-state index in [-0.39, 0.29) is 6.04 Å². The lowest BCUT2D eigenvalue weighted by Crippen LogP contribution is -2.08. The highest BCUT2D eigenvalue weighted by Gasteiger charge is 2.02. The highest BCUT2D eigenvalue weighted by Crippen LogP contribution is 2.11. The molecule has 1 unspecified atom stereocenters. The Morgan fingerprint density at radius 1 is 1.67 bits per heavy atom. The normalized spacial score (nSPS) is 12.5. The Hall–Kier alpha value is -1.22. The van der Waals surface area contributed by atoms with E-state index in [1.165, 1.54) is 0 Å². The maximum Gasteiger partial charge on any atom is 0.168 e. The summed E-state index contributed by atoms with van der Waals surface area (Å²) in [6.07, 6.45) is 3.25. The van der Waals surface area contributed by atoms with Crippen LogP contribution in [0.1, 0.15) is 35.4 Å². The Morgan fingerprint density at radius 2 is 2.42 bits per heavy atom. The van der Waals surface area contributed by atoms with Crippen LogP contribution in [0.3, 0.4) is 0 Å². The summed E-state index contributed by atoms with van der Waals surface area (Å²) in [6, 6.07) is 3.54. The Kier molecular flexibility index (Phi) is 2.94. The maximum atomic E-state index is 10.3. The summed E-state index contributed by atoms with van der Waals surface area (Å²) in [5, 5.41) is 0. The second-order valence-corrected chi connectivity index (χ2v) is 2.65. The number of nitrogens with zero attached hydrogens (tertiary/aromatic N) is 1. The van der Waals surface area contributed by atoms with Crippen molar-refractivity contribution in [2.24, 2.45) is 5.73 Å². The van der Waals surface area contributed by atoms with Crippen LogP contribution in [0.2, 0.25) is 0 Å². The number of carbonyl (C=O) groups excluding carboxylic acids is 1. The van der Waals surface area contributed by atoms with Gasteiger partial charge in [-0.05, 0) is 18.1 Å². The summed E-state index contributed by atoms with van der Waals surface area (Å²) in [5.74, 6) is 0. The van der Waals surface area contributed by atoms with Gasteiger partial charge in [-0.3, -0.25) is 9.78 Å². The largest absolute Gasteiger partial charge is 0.324 e. The van der Waals surface area contributed by atoms with Gasteiger partial charge in [0.15, 0.2) is 6.29 Å². The van der Waals surface area contributed by atoms with Crippen LogP contribution < -0.4 is 5.73 Å². The molecule has 0 spiro atoms. The van der Waals surface area contributed by atoms with Crippen molar-refractivity contribution in [2.45, 2.75) is 19.4 Å². The van der Waals surface area contributed by atoms with E-state index in [0.29, 0.717) is 5.69 Å². The van der Waals surface area contributed by atoms with E-state index in [9.17, 15) is 4.79 Å². The zero-order valence-electron chi connectivity index (χ0n) is 7.03. The molecular formula is C9H12N2O. The number of rotatable bonds is 3. The van der Waals surface area contributed by atoms with Gasteiger partial charge in [-0.15, -0.1) is 0 Å². The van der Waals surface area contributed by atoms with Gasteiger partial charge in [-0.2, -0.15) is 0 Å². The van der Waals surface area contributed by atoms with Crippen LogP contribution in [0, 0.1) is 0 Å². The summed E-state index contributed by atoms with van der Waals surface area (Å²) in [7, 11) is 0. The Morgan fingerprint density at radius 3 is 2.83 bits per heavy atom. The van der Waals surface area contributed by atoms with E-state index < -0.39 is 0 Å². The molecule has 1 heterocycles. The monoisotopic (exact) mass is 164 g/mol. The molecule has 3 heteroatoms. The topological polar surface area (TPSA) is 56.0 Å². The highest BCUT2D eigenvalue weighted by atomic mass is 16.1. The lowest BCUT2D eigenvalue weighted by Gasteiger charge is -2.07. The van der Waals surface area contributed by atoms with Gasteiger partial charge in [0.1, 0.15) is 5.69 Å². The van der Waals surface area contributed by atoms with Gasteiger partial charge >= 0.3 is 0 Å². The molecule has 0 aliphatic rings. The van der Waals surface area contributed by atoms with Gasteiger partial charge in [0.05, 0.1) is 0 Å². The number of pyridine rings is 1. The van der Waals surface area contributed by atoms with Crippen molar-refractivity contribution in [2.75, 3.05) is 0 Å². The summed E-state index contributed by atoms with van der Waals surface area (Å²) in [6.45, 7) is 2.01. The molecule has 64 valence electrons. The third kappa shape index (κ3) is 1.89. The minimum absolute atomic E-state index is 0.0261. The first-order valence-electron chi connectivity index (χ1n) is 3.94. The molecule has 0 amide bonds. The molecule has 0 saturated carbocycles. The lowest BCUT2D eigenvalue weighted by molar-refractivity contribution is 0.111. The second-order valence-electron chi connectivity index (χ2n) is 2.65. The molecular weight excluding hydrogens is 152 g/mol. The Bertz CT molecular complexity index is 256. The number of hydrogen-bond acceptors (Lipinski definition) is 3. The fraction of sp³-hybridized carbons (Fsp3) is 0.333. The molecule has 3 nitrogen and oxygen atoms in total. The predicted molar refractivity (Wildman–Crippen MR) is 46.8 cm³/mol. The average molecular weight is 164 g/mol. The maximum absolute atomic E-state index is 10.3. The van der Waals surface area contributed by atoms with Crippen molar-refractivity contribution in [1.29, 1.82) is 0 Å². The van der Waals surface area contributed by atoms with E-state index in [4.69, 9.17) is 5.73 Å². The molecule has 0 aliphatic carbocycles. The van der Waals surface area contributed by atoms with E-state index in [0.717, 1.165) is 18.3 Å². The zero-order chi connectivity index (χ0) is 8.97.